The lowest BCUT2D eigenvalue weighted by molar-refractivity contribution is 0.132. The van der Waals surface area contributed by atoms with Gasteiger partial charge >= 0.3 is 0 Å². The van der Waals surface area contributed by atoms with E-state index in [4.69, 9.17) is 9.47 Å². The first-order valence-electron chi connectivity index (χ1n) is 9.98. The fourth-order valence-corrected chi connectivity index (χ4v) is 3.71. The second kappa shape index (κ2) is 10.3. The largest absolute Gasteiger partial charge is 0.493 e. The van der Waals surface area contributed by atoms with Gasteiger partial charge in [0.1, 0.15) is 0 Å². The van der Waals surface area contributed by atoms with Crippen molar-refractivity contribution in [1.29, 1.82) is 0 Å². The third-order valence-corrected chi connectivity index (χ3v) is 5.41. The molecule has 1 heterocycles. The van der Waals surface area contributed by atoms with Gasteiger partial charge in [-0.1, -0.05) is 36.4 Å². The maximum absolute atomic E-state index is 5.41. The van der Waals surface area contributed by atoms with Gasteiger partial charge < -0.3 is 19.3 Å². The second-order valence-corrected chi connectivity index (χ2v) is 7.21. The van der Waals surface area contributed by atoms with Gasteiger partial charge in [-0.2, -0.15) is 0 Å². The van der Waals surface area contributed by atoms with Gasteiger partial charge in [0.25, 0.3) is 0 Å². The fourth-order valence-electron chi connectivity index (χ4n) is 3.71. The standard InChI is InChI=1S/C23H32N2O2/c1-26-22-11-10-21(19-23(22)27-2)12-14-25-17-15-24(16-18-25)13-6-9-20-7-4-3-5-8-20/h3-5,7-8,10-11,19H,6,9,12-18H2,1-2H3/i12-1,14-1. The lowest BCUT2D eigenvalue weighted by Gasteiger charge is -2.34. The van der Waals surface area contributed by atoms with E-state index in [1.165, 1.54) is 56.7 Å². The van der Waals surface area contributed by atoms with Crippen molar-refractivity contribution in [2.75, 3.05) is 53.5 Å². The fraction of sp³-hybridized carbons (Fsp3) is 0.478. The van der Waals surface area contributed by atoms with Crippen LogP contribution < -0.4 is 9.47 Å². The van der Waals surface area contributed by atoms with Crippen molar-refractivity contribution in [3.05, 3.63) is 59.7 Å². The number of hydrogen-bond acceptors (Lipinski definition) is 4. The second-order valence-electron chi connectivity index (χ2n) is 7.21. The van der Waals surface area contributed by atoms with Gasteiger partial charge in [-0.25, -0.2) is 0 Å². The first-order valence-corrected chi connectivity index (χ1v) is 9.98. The van der Waals surface area contributed by atoms with Gasteiger partial charge in [0, 0.05) is 32.7 Å². The molecule has 2 aromatic rings. The van der Waals surface area contributed by atoms with Crippen molar-refractivity contribution in [3.8, 4) is 11.5 Å². The summed E-state index contributed by atoms with van der Waals surface area (Å²) in [4.78, 5) is 5.18. The Balaban J connectivity index is 1.36. The molecule has 1 fully saturated rings. The van der Waals surface area contributed by atoms with E-state index in [0.29, 0.717) is 0 Å². The topological polar surface area (TPSA) is 24.9 Å². The van der Waals surface area contributed by atoms with Crippen LogP contribution in [0.2, 0.25) is 0 Å². The minimum atomic E-state index is 0.797. The minimum Gasteiger partial charge on any atom is -0.493 e. The number of aryl methyl sites for hydroxylation is 1. The molecule has 1 aliphatic rings. The van der Waals surface area contributed by atoms with E-state index in [2.05, 4.69) is 52.3 Å². The lowest BCUT2D eigenvalue weighted by atomic mass is 9.58. The summed E-state index contributed by atoms with van der Waals surface area (Å²) in [5, 5.41) is 0. The van der Waals surface area contributed by atoms with Crippen molar-refractivity contribution in [2.24, 2.45) is 0 Å². The maximum atomic E-state index is 5.41. The summed E-state index contributed by atoms with van der Waals surface area (Å²) >= 11 is 0. The van der Waals surface area contributed by atoms with Crippen molar-refractivity contribution in [2.45, 2.75) is 19.3 Å². The van der Waals surface area contributed by atoms with Crippen LogP contribution in [-0.4, -0.2) is 63.3 Å². The van der Waals surface area contributed by atoms with Gasteiger partial charge in [0.05, 0.1) is 14.2 Å². The zero-order chi connectivity index (χ0) is 18.9. The molecule has 0 aliphatic carbocycles. The molecule has 146 valence electrons. The van der Waals surface area contributed by atoms with Crippen LogP contribution in [0.4, 0.5) is 0 Å². The van der Waals surface area contributed by atoms with Gasteiger partial charge in [-0.15, -0.1) is 0 Å². The molecule has 1 aliphatic heterocycles. The molecule has 0 N–H and O–H groups in total. The van der Waals surface area contributed by atoms with Crippen LogP contribution in [0.25, 0.3) is 0 Å². The zero-order valence-electron chi connectivity index (χ0n) is 16.7. The van der Waals surface area contributed by atoms with E-state index in [9.17, 15) is 0 Å². The van der Waals surface area contributed by atoms with Crippen LogP contribution >= 0.6 is 0 Å². The maximum Gasteiger partial charge on any atom is 0.160 e. The molecule has 1 saturated heterocycles. The molecular weight excluding hydrogens is 334 g/mol. The highest BCUT2D eigenvalue weighted by atomic mass is 16.5. The SMILES string of the molecule is COc1ccc([11CH2][11CH2]N2CCN(CCCc3ccccc3)CC2)cc1OC. The Hall–Kier alpha value is -2.04. The first kappa shape index (κ1) is 19.7. The van der Waals surface area contributed by atoms with Gasteiger partial charge in [-0.05, 0) is 49.1 Å². The highest BCUT2D eigenvalue weighted by Crippen LogP contribution is 2.27. The Kier molecular flexibility index (Phi) is 7.55. The van der Waals surface area contributed by atoms with Crippen molar-refractivity contribution >= 4 is 0 Å². The number of benzene rings is 2. The summed E-state index contributed by atoms with van der Waals surface area (Å²) in [5.74, 6) is 1.61. The predicted molar refractivity (Wildman–Crippen MR) is 111 cm³/mol. The molecule has 0 amide bonds. The van der Waals surface area contributed by atoms with E-state index < -0.39 is 0 Å². The molecule has 0 atom stereocenters. The third kappa shape index (κ3) is 5.98. The smallest absolute Gasteiger partial charge is 0.160 e. The number of ether oxygens (including phenoxy) is 2. The quantitative estimate of drug-likeness (QED) is 0.678. The molecule has 4 nitrogen and oxygen atoms in total. The Labute approximate surface area is 163 Å². The van der Waals surface area contributed by atoms with Gasteiger partial charge in [-0.3, -0.25) is 0 Å². The van der Waals surface area contributed by atoms with E-state index in [1.54, 1.807) is 14.2 Å². The molecule has 27 heavy (non-hydrogen) atoms. The number of methoxy groups -OCH3 is 2. The normalized spacial score (nSPS) is 15.6. The highest BCUT2D eigenvalue weighted by Gasteiger charge is 2.16. The van der Waals surface area contributed by atoms with E-state index in [0.717, 1.165) is 24.5 Å². The van der Waals surface area contributed by atoms with Crippen LogP contribution in [-0.2, 0) is 12.8 Å². The van der Waals surface area contributed by atoms with Crippen molar-refractivity contribution < 1.29 is 9.47 Å². The monoisotopic (exact) mass is 366 g/mol. The molecule has 0 spiro atoms. The molecule has 0 unspecified atom stereocenters. The molecule has 0 radical (unpaired) electrons. The molecule has 0 aromatic heterocycles. The molecule has 0 bridgehead atoms. The zero-order valence-corrected chi connectivity index (χ0v) is 16.7. The number of rotatable bonds is 9. The average Bonchev–Trinajstić information content (AvgIpc) is 2.73. The van der Waals surface area contributed by atoms with Crippen LogP contribution in [0.3, 0.4) is 0 Å². The summed E-state index contributed by atoms with van der Waals surface area (Å²) in [5.41, 5.74) is 2.75. The minimum absolute atomic E-state index is 0.797. The molecule has 3 rings (SSSR count). The average molecular weight is 367 g/mol. The number of hydrogen-bond donors (Lipinski definition) is 0. The predicted octanol–water partition coefficient (Wildman–Crippen LogP) is 3.50. The van der Waals surface area contributed by atoms with Crippen LogP contribution in [0.15, 0.2) is 48.5 Å². The number of nitrogens with zero attached hydrogens (tertiary/aromatic N) is 2. The Morgan fingerprint density at radius 1 is 0.704 bits per heavy atom. The van der Waals surface area contributed by atoms with Crippen LogP contribution in [0.1, 0.15) is 17.5 Å². The van der Waals surface area contributed by atoms with Gasteiger partial charge in [0.15, 0.2) is 11.5 Å². The molecule has 0 saturated carbocycles. The first-order chi connectivity index (χ1) is 13.3. The third-order valence-electron chi connectivity index (χ3n) is 5.41. The molecular formula is C23H32N2O2. The molecule has 2 aromatic carbocycles. The van der Waals surface area contributed by atoms with Gasteiger partial charge in [0.2, 0.25) is 0 Å². The Morgan fingerprint density at radius 2 is 1.37 bits per heavy atom. The van der Waals surface area contributed by atoms with Crippen LogP contribution in [0, 0.1) is 0 Å². The molecule has 4 heteroatoms. The van der Waals surface area contributed by atoms with E-state index in [1.807, 2.05) is 6.07 Å². The van der Waals surface area contributed by atoms with Crippen molar-refractivity contribution in [1.82, 2.24) is 9.80 Å². The number of piperazine rings is 1. The van der Waals surface area contributed by atoms with E-state index in [-0.39, 0.29) is 0 Å². The summed E-state index contributed by atoms with van der Waals surface area (Å²) in [6.45, 7) is 7.00. The van der Waals surface area contributed by atoms with Crippen LogP contribution in [0.5, 0.6) is 11.5 Å². The summed E-state index contributed by atoms with van der Waals surface area (Å²) in [6.07, 6.45) is 3.48. The lowest BCUT2D eigenvalue weighted by Crippen LogP contribution is -2.47. The Bertz CT molecular complexity index is 682. The summed E-state index contributed by atoms with van der Waals surface area (Å²) in [7, 11) is 3.37. The Morgan fingerprint density at radius 3 is 2.04 bits per heavy atom. The summed E-state index contributed by atoms with van der Waals surface area (Å²) < 4.78 is 10.7. The van der Waals surface area contributed by atoms with E-state index >= 15 is 0 Å². The highest BCUT2D eigenvalue weighted by molar-refractivity contribution is 5.42. The summed E-state index contributed by atoms with van der Waals surface area (Å²) in [6, 6.07) is 17.0. The van der Waals surface area contributed by atoms with Crippen molar-refractivity contribution in [3.63, 3.8) is 0 Å².